The topological polar surface area (TPSA) is 67.4 Å². The van der Waals surface area contributed by atoms with Crippen molar-refractivity contribution in [2.24, 2.45) is 0 Å². The highest BCUT2D eigenvalue weighted by Crippen LogP contribution is 2.37. The fourth-order valence-electron chi connectivity index (χ4n) is 4.48. The minimum atomic E-state index is -0.381. The number of thioether (sulfide) groups is 1. The Kier molecular flexibility index (Phi) is 7.30. The molecular weight excluding hydrogens is 408 g/mol. The summed E-state index contributed by atoms with van der Waals surface area (Å²) < 4.78 is 6.15. The molecule has 2 aliphatic rings. The van der Waals surface area contributed by atoms with Gasteiger partial charge < -0.3 is 15.4 Å². The number of benzene rings is 2. The summed E-state index contributed by atoms with van der Waals surface area (Å²) in [5, 5.41) is 6.27. The van der Waals surface area contributed by atoms with Crippen LogP contribution in [0.15, 0.2) is 60.7 Å². The van der Waals surface area contributed by atoms with Gasteiger partial charge in [-0.2, -0.15) is 11.8 Å². The van der Waals surface area contributed by atoms with Crippen molar-refractivity contribution in [3.63, 3.8) is 0 Å². The van der Waals surface area contributed by atoms with Crippen LogP contribution in [0.5, 0.6) is 0 Å². The zero-order valence-corrected chi connectivity index (χ0v) is 18.5. The molecule has 0 bridgehead atoms. The smallest absolute Gasteiger partial charge is 0.251 e. The van der Waals surface area contributed by atoms with Gasteiger partial charge in [0.15, 0.2) is 0 Å². The van der Waals surface area contributed by atoms with Crippen LogP contribution < -0.4 is 10.6 Å². The Morgan fingerprint density at radius 3 is 2.42 bits per heavy atom. The number of nitrogens with one attached hydrogen (secondary N) is 2. The molecular formula is C25H30N2O3S. The Labute approximate surface area is 188 Å². The van der Waals surface area contributed by atoms with Gasteiger partial charge in [-0.05, 0) is 54.9 Å². The van der Waals surface area contributed by atoms with Crippen LogP contribution in [0.25, 0.3) is 0 Å². The Balaban J connectivity index is 1.40. The Morgan fingerprint density at radius 1 is 1.03 bits per heavy atom. The molecule has 1 spiro atoms. The van der Waals surface area contributed by atoms with Crippen molar-refractivity contribution in [1.82, 2.24) is 10.6 Å². The lowest BCUT2D eigenvalue weighted by Gasteiger charge is -2.43. The summed E-state index contributed by atoms with van der Waals surface area (Å²) in [4.78, 5) is 25.7. The monoisotopic (exact) mass is 438 g/mol. The second-order valence-electron chi connectivity index (χ2n) is 8.41. The van der Waals surface area contributed by atoms with E-state index in [0.29, 0.717) is 12.2 Å². The van der Waals surface area contributed by atoms with Gasteiger partial charge in [0, 0.05) is 18.2 Å². The highest BCUT2D eigenvalue weighted by molar-refractivity contribution is 7.99. The second kappa shape index (κ2) is 10.3. The van der Waals surface area contributed by atoms with Crippen molar-refractivity contribution < 1.29 is 14.3 Å². The van der Waals surface area contributed by atoms with Gasteiger partial charge in [-0.3, -0.25) is 9.59 Å². The van der Waals surface area contributed by atoms with E-state index in [-0.39, 0.29) is 35.9 Å². The fraction of sp³-hybridized carbons (Fsp3) is 0.440. The zero-order chi connectivity index (χ0) is 21.5. The molecule has 5 nitrogen and oxygen atoms in total. The van der Waals surface area contributed by atoms with Gasteiger partial charge in [0.25, 0.3) is 5.91 Å². The zero-order valence-electron chi connectivity index (χ0n) is 17.7. The van der Waals surface area contributed by atoms with Crippen LogP contribution in [0, 0.1) is 0 Å². The quantitative estimate of drug-likeness (QED) is 0.712. The normalized spacial score (nSPS) is 21.2. The molecule has 2 atom stereocenters. The number of rotatable bonds is 6. The van der Waals surface area contributed by atoms with Gasteiger partial charge in [0.05, 0.1) is 18.1 Å². The summed E-state index contributed by atoms with van der Waals surface area (Å²) in [6, 6.07) is 18.6. The lowest BCUT2D eigenvalue weighted by Crippen LogP contribution is -2.50. The summed E-state index contributed by atoms with van der Waals surface area (Å²) in [6.07, 6.45) is 4.05. The van der Waals surface area contributed by atoms with Crippen molar-refractivity contribution in [3.8, 4) is 0 Å². The van der Waals surface area contributed by atoms with Crippen LogP contribution in [-0.4, -0.2) is 41.6 Å². The number of carbonyl (C=O) groups is 2. The molecule has 2 unspecified atom stereocenters. The first kappa shape index (κ1) is 21.9. The Hall–Kier alpha value is -2.31. The lowest BCUT2D eigenvalue weighted by atomic mass is 9.85. The van der Waals surface area contributed by atoms with Crippen molar-refractivity contribution in [3.05, 3.63) is 71.8 Å². The molecule has 2 amide bonds. The van der Waals surface area contributed by atoms with Crippen LogP contribution in [-0.2, 0) is 9.53 Å². The molecule has 2 fully saturated rings. The third-order valence-corrected chi connectivity index (χ3v) is 7.18. The molecule has 2 aromatic carbocycles. The molecule has 2 aromatic rings. The largest absolute Gasteiger partial charge is 0.375 e. The molecule has 0 aliphatic carbocycles. The summed E-state index contributed by atoms with van der Waals surface area (Å²) in [7, 11) is 0. The summed E-state index contributed by atoms with van der Waals surface area (Å²) in [5.41, 5.74) is 1.45. The van der Waals surface area contributed by atoms with Gasteiger partial charge in [0.2, 0.25) is 5.91 Å². The standard InChI is InChI=1S/C25H30N2O3S/c28-23(26-21-11-14-30-25(18-21)12-15-31-16-13-25)17-22(19-7-3-1-4-8-19)27-24(29)20-9-5-2-6-10-20/h1-10,21-22H,11-18H2,(H,26,28)(H,27,29). The third-order valence-electron chi connectivity index (χ3n) is 6.19. The molecule has 6 heteroatoms. The van der Waals surface area contributed by atoms with E-state index in [9.17, 15) is 9.59 Å². The second-order valence-corrected chi connectivity index (χ2v) is 9.63. The predicted octanol–water partition coefficient (Wildman–Crippen LogP) is 4.11. The predicted molar refractivity (Wildman–Crippen MR) is 124 cm³/mol. The number of carbonyl (C=O) groups excluding carboxylic acids is 2. The minimum Gasteiger partial charge on any atom is -0.375 e. The minimum absolute atomic E-state index is 0.0329. The Morgan fingerprint density at radius 2 is 1.71 bits per heavy atom. The van der Waals surface area contributed by atoms with Crippen LogP contribution in [0.4, 0.5) is 0 Å². The van der Waals surface area contributed by atoms with Gasteiger partial charge in [-0.1, -0.05) is 48.5 Å². The van der Waals surface area contributed by atoms with Crippen LogP contribution in [0.2, 0.25) is 0 Å². The molecule has 4 rings (SSSR count). The maximum absolute atomic E-state index is 13.0. The molecule has 31 heavy (non-hydrogen) atoms. The number of hydrogen-bond acceptors (Lipinski definition) is 4. The van der Waals surface area contributed by atoms with Crippen molar-refractivity contribution >= 4 is 23.6 Å². The first-order valence-corrected chi connectivity index (χ1v) is 12.2. The molecule has 0 saturated carbocycles. The maximum atomic E-state index is 13.0. The van der Waals surface area contributed by atoms with E-state index in [1.54, 1.807) is 12.1 Å². The number of hydrogen-bond donors (Lipinski definition) is 2. The summed E-state index contributed by atoms with van der Waals surface area (Å²) >= 11 is 1.98. The lowest BCUT2D eigenvalue weighted by molar-refractivity contribution is -0.126. The van der Waals surface area contributed by atoms with E-state index in [1.165, 1.54) is 0 Å². The van der Waals surface area contributed by atoms with E-state index >= 15 is 0 Å². The molecule has 164 valence electrons. The van der Waals surface area contributed by atoms with Crippen LogP contribution in [0.1, 0.15) is 54.1 Å². The van der Waals surface area contributed by atoms with Crippen molar-refractivity contribution in [2.75, 3.05) is 18.1 Å². The van der Waals surface area contributed by atoms with Crippen molar-refractivity contribution in [1.29, 1.82) is 0 Å². The SMILES string of the molecule is O=C(CC(NC(=O)c1ccccc1)c1ccccc1)NC1CCOC2(CCSCC2)C1. The average Bonchev–Trinajstić information content (AvgIpc) is 2.80. The molecule has 2 aliphatic heterocycles. The first-order chi connectivity index (χ1) is 15.1. The molecule has 0 aromatic heterocycles. The highest BCUT2D eigenvalue weighted by Gasteiger charge is 2.39. The van der Waals surface area contributed by atoms with Crippen molar-refractivity contribution in [2.45, 2.75) is 49.8 Å². The third kappa shape index (κ3) is 5.89. The van der Waals surface area contributed by atoms with Crippen LogP contribution in [0.3, 0.4) is 0 Å². The molecule has 2 heterocycles. The molecule has 0 radical (unpaired) electrons. The van der Waals surface area contributed by atoms with Gasteiger partial charge in [0.1, 0.15) is 0 Å². The van der Waals surface area contributed by atoms with Gasteiger partial charge in [-0.25, -0.2) is 0 Å². The van der Waals surface area contributed by atoms with E-state index < -0.39 is 0 Å². The van der Waals surface area contributed by atoms with E-state index in [1.807, 2.05) is 60.3 Å². The van der Waals surface area contributed by atoms with Crippen LogP contribution >= 0.6 is 11.8 Å². The Bertz CT molecular complexity index is 863. The average molecular weight is 439 g/mol. The molecule has 2 saturated heterocycles. The van der Waals surface area contributed by atoms with Gasteiger partial charge in [-0.15, -0.1) is 0 Å². The number of amides is 2. The highest BCUT2D eigenvalue weighted by atomic mass is 32.2. The van der Waals surface area contributed by atoms with E-state index in [2.05, 4.69) is 10.6 Å². The maximum Gasteiger partial charge on any atom is 0.251 e. The van der Waals surface area contributed by atoms with Gasteiger partial charge >= 0.3 is 0 Å². The first-order valence-electron chi connectivity index (χ1n) is 11.1. The summed E-state index contributed by atoms with van der Waals surface area (Å²) in [5.74, 6) is 2.05. The summed E-state index contributed by atoms with van der Waals surface area (Å²) in [6.45, 7) is 0.697. The fourth-order valence-corrected chi connectivity index (χ4v) is 5.72. The van der Waals surface area contributed by atoms with E-state index in [4.69, 9.17) is 4.74 Å². The number of ether oxygens (including phenoxy) is 1. The van der Waals surface area contributed by atoms with E-state index in [0.717, 1.165) is 42.8 Å². The molecule has 2 N–H and O–H groups in total.